The number of esters is 1. The molecule has 3 heterocycles. The summed E-state index contributed by atoms with van der Waals surface area (Å²) in [5, 5.41) is 21.0. The van der Waals surface area contributed by atoms with Crippen LogP contribution in [0.3, 0.4) is 0 Å². The van der Waals surface area contributed by atoms with Crippen molar-refractivity contribution in [3.63, 3.8) is 0 Å². The van der Waals surface area contributed by atoms with Gasteiger partial charge in [0, 0.05) is 20.0 Å². The summed E-state index contributed by atoms with van der Waals surface area (Å²) in [5.41, 5.74) is 0.327. The molecule has 0 aliphatic carbocycles. The van der Waals surface area contributed by atoms with Crippen LogP contribution >= 0.6 is 0 Å². The highest BCUT2D eigenvalue weighted by molar-refractivity contribution is 5.90. The molecule has 2 aromatic heterocycles. The lowest BCUT2D eigenvalue weighted by Gasteiger charge is -2.34. The summed E-state index contributed by atoms with van der Waals surface area (Å²) in [6, 6.07) is 3.31. The molecule has 1 fully saturated rings. The van der Waals surface area contributed by atoms with Crippen molar-refractivity contribution in [2.75, 3.05) is 20.7 Å². The van der Waals surface area contributed by atoms with E-state index in [1.54, 1.807) is 18.3 Å². The summed E-state index contributed by atoms with van der Waals surface area (Å²) in [6.45, 7) is 5.71. The lowest BCUT2D eigenvalue weighted by molar-refractivity contribution is -0.144. The Bertz CT molecular complexity index is 1010. The Labute approximate surface area is 185 Å². The number of aromatic nitrogens is 4. The highest BCUT2D eigenvalue weighted by atomic mass is 16.5. The summed E-state index contributed by atoms with van der Waals surface area (Å²) >= 11 is 0. The first kappa shape index (κ1) is 23.3. The molecule has 11 heteroatoms. The van der Waals surface area contributed by atoms with Crippen molar-refractivity contribution < 1.29 is 24.2 Å². The summed E-state index contributed by atoms with van der Waals surface area (Å²) < 4.78 is 6.15. The number of hydrogen-bond donors (Lipinski definition) is 2. The number of carbonyl (C=O) groups is 3. The molecule has 0 saturated carbocycles. The molecule has 3 rings (SSSR count). The number of β-amino-alcohol motifs (C(OH)–C–C–N with tert-alkyl or cyclic N) is 1. The second-order valence-corrected chi connectivity index (χ2v) is 8.76. The minimum atomic E-state index is -0.787. The SMILES string of the molecule is CNC(=O)[C@@H]1C[C@@H](O)CN1C(=O)[C@@H](n1cc(-c2cccc(C(=O)OC)n2)nn1)C(C)(C)C. The third-order valence-electron chi connectivity index (χ3n) is 5.35. The van der Waals surface area contributed by atoms with Gasteiger partial charge in [-0.1, -0.05) is 32.1 Å². The summed E-state index contributed by atoms with van der Waals surface area (Å²) in [5.74, 6) is -1.24. The lowest BCUT2D eigenvalue weighted by Crippen LogP contribution is -2.49. The van der Waals surface area contributed by atoms with Gasteiger partial charge in [0.15, 0.2) is 0 Å². The maximum absolute atomic E-state index is 13.6. The number of nitrogens with one attached hydrogen (secondary N) is 1. The summed E-state index contributed by atoms with van der Waals surface area (Å²) in [6.07, 6.45) is 0.978. The van der Waals surface area contributed by atoms with E-state index in [2.05, 4.69) is 20.6 Å². The molecule has 2 aromatic rings. The zero-order valence-electron chi connectivity index (χ0n) is 18.8. The van der Waals surface area contributed by atoms with Gasteiger partial charge in [-0.15, -0.1) is 5.10 Å². The van der Waals surface area contributed by atoms with E-state index in [0.717, 1.165) is 0 Å². The van der Waals surface area contributed by atoms with Crippen molar-refractivity contribution >= 4 is 17.8 Å². The van der Waals surface area contributed by atoms with Crippen LogP contribution in [-0.2, 0) is 14.3 Å². The van der Waals surface area contributed by atoms with Gasteiger partial charge in [-0.25, -0.2) is 14.5 Å². The number of aliphatic hydroxyl groups excluding tert-OH is 1. The highest BCUT2D eigenvalue weighted by Crippen LogP contribution is 2.34. The molecule has 0 aromatic carbocycles. The predicted molar refractivity (Wildman–Crippen MR) is 113 cm³/mol. The number of ether oxygens (including phenoxy) is 1. The maximum atomic E-state index is 13.6. The number of amides is 2. The molecule has 2 amide bonds. The Hall–Kier alpha value is -3.34. The first-order valence-corrected chi connectivity index (χ1v) is 10.2. The quantitative estimate of drug-likeness (QED) is 0.633. The lowest BCUT2D eigenvalue weighted by atomic mass is 9.85. The fourth-order valence-electron chi connectivity index (χ4n) is 3.83. The van der Waals surface area contributed by atoms with E-state index < -0.39 is 29.6 Å². The van der Waals surface area contributed by atoms with Gasteiger partial charge in [-0.2, -0.15) is 0 Å². The average Bonchev–Trinajstić information content (AvgIpc) is 3.38. The smallest absolute Gasteiger partial charge is 0.356 e. The molecular formula is C21H28N6O5. The van der Waals surface area contributed by atoms with Crippen LogP contribution < -0.4 is 5.32 Å². The van der Waals surface area contributed by atoms with Gasteiger partial charge in [-0.05, 0) is 17.5 Å². The molecular weight excluding hydrogens is 416 g/mol. The van der Waals surface area contributed by atoms with Gasteiger partial charge in [0.2, 0.25) is 11.8 Å². The van der Waals surface area contributed by atoms with E-state index in [9.17, 15) is 19.5 Å². The van der Waals surface area contributed by atoms with Crippen molar-refractivity contribution in [3.05, 3.63) is 30.1 Å². The molecule has 11 nitrogen and oxygen atoms in total. The number of hydrogen-bond acceptors (Lipinski definition) is 8. The highest BCUT2D eigenvalue weighted by Gasteiger charge is 2.45. The van der Waals surface area contributed by atoms with E-state index in [0.29, 0.717) is 11.4 Å². The number of pyridine rings is 1. The Balaban J connectivity index is 1.95. The topological polar surface area (TPSA) is 140 Å². The van der Waals surface area contributed by atoms with Crippen molar-refractivity contribution in [3.8, 4) is 11.4 Å². The number of likely N-dealkylation sites (tertiary alicyclic amines) is 1. The summed E-state index contributed by atoms with van der Waals surface area (Å²) in [4.78, 5) is 43.3. The van der Waals surface area contributed by atoms with Crippen LogP contribution in [0.25, 0.3) is 11.4 Å². The molecule has 1 aliphatic heterocycles. The summed E-state index contributed by atoms with van der Waals surface area (Å²) in [7, 11) is 2.77. The normalized spacial score (nSPS) is 19.5. The fraction of sp³-hybridized carbons (Fsp3) is 0.524. The van der Waals surface area contributed by atoms with Crippen LogP contribution in [0.1, 0.15) is 43.7 Å². The Morgan fingerprint density at radius 1 is 1.25 bits per heavy atom. The van der Waals surface area contributed by atoms with Crippen LogP contribution in [-0.4, -0.2) is 80.6 Å². The molecule has 0 bridgehead atoms. The second kappa shape index (κ2) is 9.03. The molecule has 172 valence electrons. The van der Waals surface area contributed by atoms with Crippen LogP contribution in [0.15, 0.2) is 24.4 Å². The Morgan fingerprint density at radius 3 is 2.59 bits per heavy atom. The molecule has 0 spiro atoms. The van der Waals surface area contributed by atoms with Crippen LogP contribution in [0.4, 0.5) is 0 Å². The van der Waals surface area contributed by atoms with E-state index >= 15 is 0 Å². The molecule has 32 heavy (non-hydrogen) atoms. The van der Waals surface area contributed by atoms with Gasteiger partial charge in [0.1, 0.15) is 23.5 Å². The molecule has 3 atom stereocenters. The predicted octanol–water partition coefficient (Wildman–Crippen LogP) is 0.422. The first-order valence-electron chi connectivity index (χ1n) is 10.2. The third kappa shape index (κ3) is 4.62. The van der Waals surface area contributed by atoms with E-state index in [-0.39, 0.29) is 30.5 Å². The van der Waals surface area contributed by atoms with Crippen molar-refractivity contribution in [2.24, 2.45) is 5.41 Å². The standard InChI is InChI=1S/C21H28N6O5/c1-21(2,3)17(19(30)26-10-12(28)9-16(26)18(29)22-4)27-11-15(24-25-27)13-7-6-8-14(23-13)20(31)32-5/h6-8,11-12,16-17,28H,9-10H2,1-5H3,(H,22,29)/t12-,16+,17-/m1/s1. The monoisotopic (exact) mass is 444 g/mol. The molecule has 1 aliphatic rings. The molecule has 1 saturated heterocycles. The molecule has 0 radical (unpaired) electrons. The van der Waals surface area contributed by atoms with Crippen LogP contribution in [0.2, 0.25) is 0 Å². The van der Waals surface area contributed by atoms with Crippen molar-refractivity contribution in [2.45, 2.75) is 45.4 Å². The van der Waals surface area contributed by atoms with Gasteiger partial charge >= 0.3 is 5.97 Å². The van der Waals surface area contributed by atoms with Gasteiger partial charge < -0.3 is 20.1 Å². The van der Waals surface area contributed by atoms with E-state index in [1.165, 1.54) is 29.8 Å². The van der Waals surface area contributed by atoms with E-state index in [1.807, 2.05) is 20.8 Å². The fourth-order valence-corrected chi connectivity index (χ4v) is 3.83. The largest absolute Gasteiger partial charge is 0.464 e. The van der Waals surface area contributed by atoms with Gasteiger partial charge in [0.25, 0.3) is 0 Å². The number of methoxy groups -OCH3 is 1. The molecule has 0 unspecified atom stereocenters. The van der Waals surface area contributed by atoms with E-state index in [4.69, 9.17) is 4.74 Å². The zero-order valence-corrected chi connectivity index (χ0v) is 18.8. The third-order valence-corrected chi connectivity index (χ3v) is 5.35. The average molecular weight is 444 g/mol. The van der Waals surface area contributed by atoms with Crippen molar-refractivity contribution in [1.29, 1.82) is 0 Å². The number of carbonyl (C=O) groups excluding carboxylic acids is 3. The van der Waals surface area contributed by atoms with Crippen molar-refractivity contribution in [1.82, 2.24) is 30.2 Å². The maximum Gasteiger partial charge on any atom is 0.356 e. The minimum Gasteiger partial charge on any atom is -0.464 e. The van der Waals surface area contributed by atoms with Crippen LogP contribution in [0.5, 0.6) is 0 Å². The number of aliphatic hydroxyl groups is 1. The second-order valence-electron chi connectivity index (χ2n) is 8.76. The molecule has 2 N–H and O–H groups in total. The first-order chi connectivity index (χ1) is 15.1. The van der Waals surface area contributed by atoms with Gasteiger partial charge in [0.05, 0.1) is 25.1 Å². The van der Waals surface area contributed by atoms with Gasteiger partial charge in [-0.3, -0.25) is 9.59 Å². The number of likely N-dealkylation sites (N-methyl/N-ethyl adjacent to an activating group) is 1. The zero-order chi connectivity index (χ0) is 23.6. The Morgan fingerprint density at radius 2 is 1.97 bits per heavy atom. The van der Waals surface area contributed by atoms with Crippen LogP contribution in [0, 0.1) is 5.41 Å². The number of rotatable bonds is 5. The Kier molecular flexibility index (Phi) is 6.58. The minimum absolute atomic E-state index is 0.0633. The number of nitrogens with zero attached hydrogens (tertiary/aromatic N) is 5.